The molecule has 0 bridgehead atoms. The lowest BCUT2D eigenvalue weighted by Gasteiger charge is -2.37. The first-order valence-corrected chi connectivity index (χ1v) is 7.06. The Morgan fingerprint density at radius 2 is 1.86 bits per heavy atom. The highest BCUT2D eigenvalue weighted by atomic mass is 16.6. The molecule has 1 amide bonds. The van der Waals surface area contributed by atoms with Crippen molar-refractivity contribution in [3.8, 4) is 5.75 Å². The van der Waals surface area contributed by atoms with Gasteiger partial charge in [-0.25, -0.2) is 4.79 Å². The number of cyclic esters (lactones) is 1. The molecule has 0 radical (unpaired) electrons. The maximum atomic E-state index is 12.1. The number of amides is 1. The maximum absolute atomic E-state index is 12.1. The number of phenolic OH excluding ortho intramolecular Hbond substituents is 1. The molecule has 2 heterocycles. The van der Waals surface area contributed by atoms with E-state index >= 15 is 0 Å². The predicted molar refractivity (Wildman–Crippen MR) is 76.9 cm³/mol. The topological polar surface area (TPSA) is 49.8 Å². The van der Waals surface area contributed by atoms with Crippen LogP contribution in [0.15, 0.2) is 48.5 Å². The van der Waals surface area contributed by atoms with Gasteiger partial charge < -0.3 is 9.84 Å². The van der Waals surface area contributed by atoms with Crippen LogP contribution in [0.3, 0.4) is 0 Å². The molecule has 21 heavy (non-hydrogen) atoms. The number of carbonyl (C=O) groups is 1. The number of rotatable bonds is 1. The summed E-state index contributed by atoms with van der Waals surface area (Å²) in [7, 11) is 0. The number of ether oxygens (including phenoxy) is 1. The van der Waals surface area contributed by atoms with Crippen LogP contribution in [0.25, 0.3) is 0 Å². The summed E-state index contributed by atoms with van der Waals surface area (Å²) < 4.78 is 5.24. The summed E-state index contributed by atoms with van der Waals surface area (Å²) in [6.07, 6.45) is 0.391. The van der Waals surface area contributed by atoms with Gasteiger partial charge in [0.25, 0.3) is 0 Å². The first-order chi connectivity index (χ1) is 10.3. The zero-order valence-corrected chi connectivity index (χ0v) is 11.4. The minimum atomic E-state index is -0.303. The molecule has 4 rings (SSSR count). The normalized spacial score (nSPS) is 23.4. The van der Waals surface area contributed by atoms with Gasteiger partial charge in [-0.2, -0.15) is 0 Å². The maximum Gasteiger partial charge on any atom is 0.411 e. The third kappa shape index (κ3) is 1.79. The summed E-state index contributed by atoms with van der Waals surface area (Å²) in [5.74, 6) is 0.243. The summed E-state index contributed by atoms with van der Waals surface area (Å²) in [6, 6.07) is 15.3. The number of aromatic hydroxyl groups is 1. The molecule has 1 N–H and O–H groups in total. The van der Waals surface area contributed by atoms with E-state index in [2.05, 4.69) is 0 Å². The van der Waals surface area contributed by atoms with Gasteiger partial charge in [-0.05, 0) is 23.6 Å². The van der Waals surface area contributed by atoms with E-state index in [0.29, 0.717) is 13.0 Å². The van der Waals surface area contributed by atoms with Gasteiger partial charge in [0.2, 0.25) is 0 Å². The Labute approximate surface area is 122 Å². The number of hydrogen-bond donors (Lipinski definition) is 1. The van der Waals surface area contributed by atoms with E-state index in [-0.39, 0.29) is 23.9 Å². The van der Waals surface area contributed by atoms with Crippen LogP contribution in [0.4, 0.5) is 4.79 Å². The van der Waals surface area contributed by atoms with Crippen LogP contribution in [-0.2, 0) is 11.2 Å². The monoisotopic (exact) mass is 281 g/mol. The van der Waals surface area contributed by atoms with Crippen LogP contribution in [0.1, 0.15) is 28.8 Å². The van der Waals surface area contributed by atoms with Crippen LogP contribution in [0, 0.1) is 0 Å². The molecule has 4 heteroatoms. The van der Waals surface area contributed by atoms with Crippen LogP contribution in [0.5, 0.6) is 5.75 Å². The van der Waals surface area contributed by atoms with Crippen molar-refractivity contribution in [1.82, 2.24) is 4.90 Å². The van der Waals surface area contributed by atoms with Gasteiger partial charge in [0, 0.05) is 5.56 Å². The molecule has 0 aliphatic carbocycles. The van der Waals surface area contributed by atoms with Crippen LogP contribution < -0.4 is 0 Å². The average molecular weight is 281 g/mol. The van der Waals surface area contributed by atoms with E-state index in [1.807, 2.05) is 42.5 Å². The van der Waals surface area contributed by atoms with Crippen molar-refractivity contribution >= 4 is 6.09 Å². The molecule has 2 aromatic carbocycles. The largest absolute Gasteiger partial charge is 0.508 e. The Bertz CT molecular complexity index is 698. The van der Waals surface area contributed by atoms with E-state index in [1.54, 1.807) is 11.0 Å². The van der Waals surface area contributed by atoms with Crippen molar-refractivity contribution < 1.29 is 14.6 Å². The van der Waals surface area contributed by atoms with Crippen molar-refractivity contribution in [2.45, 2.75) is 18.5 Å². The van der Waals surface area contributed by atoms with Gasteiger partial charge in [0.1, 0.15) is 12.4 Å². The highest BCUT2D eigenvalue weighted by molar-refractivity contribution is 5.73. The van der Waals surface area contributed by atoms with Gasteiger partial charge in [0.05, 0.1) is 12.1 Å². The lowest BCUT2D eigenvalue weighted by Crippen LogP contribution is -2.37. The quantitative estimate of drug-likeness (QED) is 0.873. The molecular weight excluding hydrogens is 266 g/mol. The molecule has 4 nitrogen and oxygen atoms in total. The molecule has 2 aromatic rings. The first-order valence-electron chi connectivity index (χ1n) is 7.06. The molecule has 2 atom stereocenters. The highest BCUT2D eigenvalue weighted by Gasteiger charge is 2.45. The zero-order valence-electron chi connectivity index (χ0n) is 11.4. The number of fused-ring (bicyclic) bond motifs is 3. The van der Waals surface area contributed by atoms with Gasteiger partial charge in [-0.15, -0.1) is 0 Å². The molecular formula is C17H15NO3. The van der Waals surface area contributed by atoms with Crippen LogP contribution >= 0.6 is 0 Å². The van der Waals surface area contributed by atoms with E-state index in [0.717, 1.165) is 16.7 Å². The van der Waals surface area contributed by atoms with Crippen molar-refractivity contribution in [2.75, 3.05) is 6.61 Å². The van der Waals surface area contributed by atoms with E-state index in [4.69, 9.17) is 4.74 Å². The lowest BCUT2D eigenvalue weighted by molar-refractivity contribution is 0.140. The SMILES string of the molecule is O=C1OC[C@H]2c3c(O)cccc3C[C@@H](c3ccccc3)N12. The minimum absolute atomic E-state index is 0.0412. The molecule has 0 aromatic heterocycles. The number of benzene rings is 2. The third-order valence-corrected chi connectivity index (χ3v) is 4.35. The Morgan fingerprint density at radius 1 is 1.05 bits per heavy atom. The number of hydrogen-bond acceptors (Lipinski definition) is 3. The third-order valence-electron chi connectivity index (χ3n) is 4.35. The van der Waals surface area contributed by atoms with Crippen LogP contribution in [-0.4, -0.2) is 22.7 Å². The van der Waals surface area contributed by atoms with Crippen molar-refractivity contribution in [2.24, 2.45) is 0 Å². The predicted octanol–water partition coefficient (Wildman–Crippen LogP) is 3.18. The second-order valence-electron chi connectivity index (χ2n) is 5.48. The first kappa shape index (κ1) is 12.3. The van der Waals surface area contributed by atoms with E-state index in [1.165, 1.54) is 0 Å². The molecule has 0 spiro atoms. The Morgan fingerprint density at radius 3 is 2.67 bits per heavy atom. The van der Waals surface area contributed by atoms with Crippen LogP contribution in [0.2, 0.25) is 0 Å². The van der Waals surface area contributed by atoms with E-state index in [9.17, 15) is 9.90 Å². The summed E-state index contributed by atoms with van der Waals surface area (Å²) in [6.45, 7) is 0.298. The number of phenols is 1. The highest BCUT2D eigenvalue weighted by Crippen LogP contribution is 2.46. The van der Waals surface area contributed by atoms with Gasteiger partial charge in [-0.3, -0.25) is 4.90 Å². The number of nitrogens with zero attached hydrogens (tertiary/aromatic N) is 1. The van der Waals surface area contributed by atoms with E-state index < -0.39 is 0 Å². The second-order valence-corrected chi connectivity index (χ2v) is 5.48. The fourth-order valence-electron chi connectivity index (χ4n) is 3.42. The number of carbonyl (C=O) groups excluding carboxylic acids is 1. The second kappa shape index (κ2) is 4.52. The van der Waals surface area contributed by atoms with Crippen molar-refractivity contribution in [1.29, 1.82) is 0 Å². The summed E-state index contributed by atoms with van der Waals surface area (Å²) >= 11 is 0. The molecule has 106 valence electrons. The molecule has 1 saturated heterocycles. The Kier molecular flexibility index (Phi) is 2.64. The van der Waals surface area contributed by atoms with Gasteiger partial charge >= 0.3 is 6.09 Å². The van der Waals surface area contributed by atoms with Gasteiger partial charge in [-0.1, -0.05) is 42.5 Å². The Balaban J connectivity index is 1.86. The summed E-state index contributed by atoms with van der Waals surface area (Å²) in [5, 5.41) is 10.2. The zero-order chi connectivity index (χ0) is 14.4. The molecule has 1 fully saturated rings. The summed E-state index contributed by atoms with van der Waals surface area (Å²) in [5.41, 5.74) is 3.01. The molecule has 2 aliphatic heterocycles. The smallest absolute Gasteiger partial charge is 0.411 e. The summed E-state index contributed by atoms with van der Waals surface area (Å²) in [4.78, 5) is 13.9. The Hall–Kier alpha value is -2.49. The lowest BCUT2D eigenvalue weighted by atomic mass is 9.85. The molecule has 2 aliphatic rings. The van der Waals surface area contributed by atoms with Crippen molar-refractivity contribution in [3.05, 3.63) is 65.2 Å². The average Bonchev–Trinajstić information content (AvgIpc) is 2.90. The van der Waals surface area contributed by atoms with Crippen molar-refractivity contribution in [3.63, 3.8) is 0 Å². The fourth-order valence-corrected chi connectivity index (χ4v) is 3.42. The van der Waals surface area contributed by atoms with Gasteiger partial charge in [0.15, 0.2) is 0 Å². The standard InChI is InChI=1S/C17H15NO3/c19-15-8-4-7-12-9-13(11-5-2-1-3-6-11)18-14(16(12)15)10-21-17(18)20/h1-8,13-14,19H,9-10H2/t13-,14-/m0/s1. The fraction of sp³-hybridized carbons (Fsp3) is 0.235. The molecule has 0 saturated carbocycles. The molecule has 0 unspecified atom stereocenters. The minimum Gasteiger partial charge on any atom is -0.508 e.